The molecule has 1 aliphatic heterocycles. The second-order valence-corrected chi connectivity index (χ2v) is 6.99. The van der Waals surface area contributed by atoms with Crippen molar-refractivity contribution in [2.24, 2.45) is 5.92 Å². The highest BCUT2D eigenvalue weighted by Crippen LogP contribution is 2.29. The minimum absolute atomic E-state index is 0.101. The number of nitrogens with zero attached hydrogens (tertiary/aromatic N) is 2. The van der Waals surface area contributed by atoms with E-state index in [-0.39, 0.29) is 5.97 Å². The zero-order valence-electron chi connectivity index (χ0n) is 14.0. The zero-order valence-corrected chi connectivity index (χ0v) is 14.0. The molecular weight excluding hydrogens is 264 g/mol. The Bertz CT molecular complexity index is 319. The number of hydrogen-bond donors (Lipinski definition) is 0. The summed E-state index contributed by atoms with van der Waals surface area (Å²) in [7, 11) is 3.61. The van der Waals surface area contributed by atoms with Gasteiger partial charge in [0, 0.05) is 18.6 Å². The van der Waals surface area contributed by atoms with Crippen molar-refractivity contribution in [1.82, 2.24) is 9.80 Å². The van der Waals surface area contributed by atoms with Crippen LogP contribution in [0.4, 0.5) is 0 Å². The number of esters is 1. The summed E-state index contributed by atoms with van der Waals surface area (Å²) < 4.78 is 4.72. The molecule has 1 saturated heterocycles. The first-order valence-corrected chi connectivity index (χ1v) is 8.61. The molecule has 0 aromatic rings. The van der Waals surface area contributed by atoms with Crippen LogP contribution in [0.3, 0.4) is 0 Å². The quantitative estimate of drug-likeness (QED) is 0.730. The zero-order chi connectivity index (χ0) is 15.2. The lowest BCUT2D eigenvalue weighted by molar-refractivity contribution is -0.141. The van der Waals surface area contributed by atoms with E-state index >= 15 is 0 Å². The van der Waals surface area contributed by atoms with Crippen LogP contribution >= 0.6 is 0 Å². The smallest absolute Gasteiger partial charge is 0.306 e. The van der Waals surface area contributed by atoms with Crippen LogP contribution in [0.1, 0.15) is 51.9 Å². The Balaban J connectivity index is 1.69. The molecule has 2 aliphatic rings. The highest BCUT2D eigenvalue weighted by Gasteiger charge is 2.29. The number of likely N-dealkylation sites (tertiary alicyclic amines) is 1. The van der Waals surface area contributed by atoms with Crippen molar-refractivity contribution in [2.45, 2.75) is 64.0 Å². The van der Waals surface area contributed by atoms with Gasteiger partial charge in [0.15, 0.2) is 0 Å². The molecule has 0 aromatic heterocycles. The van der Waals surface area contributed by atoms with Crippen molar-refractivity contribution >= 4 is 5.97 Å². The topological polar surface area (TPSA) is 32.8 Å². The van der Waals surface area contributed by atoms with Crippen LogP contribution < -0.4 is 0 Å². The summed E-state index contributed by atoms with van der Waals surface area (Å²) in [4.78, 5) is 16.3. The Kier molecular flexibility index (Phi) is 6.49. The van der Waals surface area contributed by atoms with Crippen molar-refractivity contribution in [2.75, 3.05) is 33.8 Å². The lowest BCUT2D eigenvalue weighted by Gasteiger charge is -2.42. The van der Waals surface area contributed by atoms with E-state index in [2.05, 4.69) is 23.8 Å². The molecule has 2 rings (SSSR count). The van der Waals surface area contributed by atoms with Crippen LogP contribution in [0.25, 0.3) is 0 Å². The van der Waals surface area contributed by atoms with E-state index in [1.165, 1.54) is 58.7 Å². The van der Waals surface area contributed by atoms with E-state index in [9.17, 15) is 4.79 Å². The summed E-state index contributed by atoms with van der Waals surface area (Å²) in [5.41, 5.74) is 0. The maximum atomic E-state index is 11.2. The summed E-state index contributed by atoms with van der Waals surface area (Å²) in [5, 5.41) is 0. The summed E-state index contributed by atoms with van der Waals surface area (Å²) >= 11 is 0. The highest BCUT2D eigenvalue weighted by molar-refractivity contribution is 5.69. The van der Waals surface area contributed by atoms with Gasteiger partial charge in [-0.25, -0.2) is 0 Å². The van der Waals surface area contributed by atoms with Gasteiger partial charge < -0.3 is 14.5 Å². The number of rotatable bonds is 5. The van der Waals surface area contributed by atoms with Crippen LogP contribution in [0.15, 0.2) is 0 Å². The minimum atomic E-state index is -0.101. The van der Waals surface area contributed by atoms with Crippen molar-refractivity contribution in [3.8, 4) is 0 Å². The van der Waals surface area contributed by atoms with Crippen molar-refractivity contribution in [1.29, 1.82) is 0 Å². The van der Waals surface area contributed by atoms with E-state index in [0.29, 0.717) is 12.5 Å². The van der Waals surface area contributed by atoms with E-state index < -0.39 is 0 Å². The van der Waals surface area contributed by atoms with Gasteiger partial charge in [-0.2, -0.15) is 0 Å². The minimum Gasteiger partial charge on any atom is -0.469 e. The Hall–Kier alpha value is -0.610. The first-order chi connectivity index (χ1) is 10.1. The highest BCUT2D eigenvalue weighted by atomic mass is 16.5. The predicted octanol–water partition coefficient (Wildman–Crippen LogP) is 2.52. The van der Waals surface area contributed by atoms with Gasteiger partial charge in [-0.3, -0.25) is 4.79 Å². The van der Waals surface area contributed by atoms with E-state index in [1.54, 1.807) is 0 Å². The number of hydrogen-bond acceptors (Lipinski definition) is 4. The molecule has 0 unspecified atom stereocenters. The average Bonchev–Trinajstić information content (AvgIpc) is 2.53. The van der Waals surface area contributed by atoms with Gasteiger partial charge in [0.05, 0.1) is 13.5 Å². The second-order valence-electron chi connectivity index (χ2n) is 6.99. The molecule has 122 valence electrons. The van der Waals surface area contributed by atoms with E-state index in [1.807, 2.05) is 0 Å². The average molecular weight is 296 g/mol. The molecule has 0 N–H and O–H groups in total. The maximum Gasteiger partial charge on any atom is 0.306 e. The van der Waals surface area contributed by atoms with Gasteiger partial charge >= 0.3 is 5.97 Å². The Labute approximate surface area is 129 Å². The third-order valence-electron chi connectivity index (χ3n) is 5.52. The van der Waals surface area contributed by atoms with Crippen LogP contribution in [-0.4, -0.2) is 61.6 Å². The summed E-state index contributed by atoms with van der Waals surface area (Å²) in [6.07, 6.45) is 8.59. The fraction of sp³-hybridized carbons (Fsp3) is 0.941. The molecule has 0 bridgehead atoms. The molecular formula is C17H32N2O2. The molecule has 0 atom stereocenters. The lowest BCUT2D eigenvalue weighted by Crippen LogP contribution is -2.48. The third-order valence-corrected chi connectivity index (χ3v) is 5.52. The van der Waals surface area contributed by atoms with Crippen molar-refractivity contribution in [3.05, 3.63) is 0 Å². The molecule has 0 aromatic carbocycles. The van der Waals surface area contributed by atoms with E-state index in [0.717, 1.165) is 18.5 Å². The Morgan fingerprint density at radius 1 is 1.14 bits per heavy atom. The standard InChI is InChI=1S/C17H32N2O2/c1-14-4-6-16(7-5-14)19-12-8-15(9-13-19)18(2)11-10-17(20)21-3/h14-16H,4-13H2,1-3H3. The molecule has 2 fully saturated rings. The van der Waals surface area contributed by atoms with Crippen LogP contribution in [0.2, 0.25) is 0 Å². The largest absolute Gasteiger partial charge is 0.469 e. The number of carbonyl (C=O) groups excluding carboxylic acids is 1. The van der Waals surface area contributed by atoms with Gasteiger partial charge in [-0.05, 0) is 64.6 Å². The van der Waals surface area contributed by atoms with E-state index in [4.69, 9.17) is 4.74 Å². The number of ether oxygens (including phenoxy) is 1. The van der Waals surface area contributed by atoms with Gasteiger partial charge in [-0.15, -0.1) is 0 Å². The first-order valence-electron chi connectivity index (χ1n) is 8.61. The van der Waals surface area contributed by atoms with Crippen molar-refractivity contribution < 1.29 is 9.53 Å². The summed E-state index contributed by atoms with van der Waals surface area (Å²) in [5.74, 6) is 0.832. The summed E-state index contributed by atoms with van der Waals surface area (Å²) in [6, 6.07) is 1.47. The number of methoxy groups -OCH3 is 1. The molecule has 1 heterocycles. The maximum absolute atomic E-state index is 11.2. The third kappa shape index (κ3) is 4.96. The fourth-order valence-corrected chi connectivity index (χ4v) is 3.85. The van der Waals surface area contributed by atoms with Gasteiger partial charge in [0.1, 0.15) is 0 Å². The Morgan fingerprint density at radius 2 is 1.76 bits per heavy atom. The van der Waals surface area contributed by atoms with Gasteiger partial charge in [0.2, 0.25) is 0 Å². The van der Waals surface area contributed by atoms with Gasteiger partial charge in [-0.1, -0.05) is 6.92 Å². The monoisotopic (exact) mass is 296 g/mol. The second kappa shape index (κ2) is 8.14. The molecule has 1 aliphatic carbocycles. The van der Waals surface area contributed by atoms with Crippen LogP contribution in [0, 0.1) is 5.92 Å². The summed E-state index contributed by atoms with van der Waals surface area (Å²) in [6.45, 7) is 5.66. The molecule has 0 amide bonds. The van der Waals surface area contributed by atoms with Crippen molar-refractivity contribution in [3.63, 3.8) is 0 Å². The lowest BCUT2D eigenvalue weighted by atomic mass is 9.85. The molecule has 1 saturated carbocycles. The molecule has 4 heteroatoms. The normalized spacial score (nSPS) is 28.8. The molecule has 21 heavy (non-hydrogen) atoms. The molecule has 0 radical (unpaired) electrons. The molecule has 0 spiro atoms. The number of piperidine rings is 1. The SMILES string of the molecule is COC(=O)CCN(C)C1CCN(C2CCC(C)CC2)CC1. The Morgan fingerprint density at radius 3 is 2.33 bits per heavy atom. The molecule has 4 nitrogen and oxygen atoms in total. The predicted molar refractivity (Wildman–Crippen MR) is 85.3 cm³/mol. The first kappa shape index (κ1) is 16.8. The fourth-order valence-electron chi connectivity index (χ4n) is 3.85. The van der Waals surface area contributed by atoms with Crippen LogP contribution in [-0.2, 0) is 9.53 Å². The van der Waals surface area contributed by atoms with Gasteiger partial charge in [0.25, 0.3) is 0 Å². The number of carbonyl (C=O) groups is 1. The van der Waals surface area contributed by atoms with Crippen LogP contribution in [0.5, 0.6) is 0 Å².